The van der Waals surface area contributed by atoms with Crippen LogP contribution in [0, 0.1) is 6.92 Å². The van der Waals surface area contributed by atoms with E-state index < -0.39 is 0 Å². The number of anilines is 1. The zero-order valence-electron chi connectivity index (χ0n) is 10.2. The SMILES string of the molecule is Cc1ccc(N(C)C[C@@H]2CCCCN2)nc1. The maximum atomic E-state index is 4.44. The third-order valence-corrected chi connectivity index (χ3v) is 3.19. The highest BCUT2D eigenvalue weighted by Crippen LogP contribution is 2.13. The van der Waals surface area contributed by atoms with Gasteiger partial charge in [0, 0.05) is 25.8 Å². The van der Waals surface area contributed by atoms with Crippen molar-refractivity contribution in [3.63, 3.8) is 0 Å². The smallest absolute Gasteiger partial charge is 0.128 e. The summed E-state index contributed by atoms with van der Waals surface area (Å²) in [5.41, 5.74) is 1.22. The van der Waals surface area contributed by atoms with Crippen LogP contribution in [0.15, 0.2) is 18.3 Å². The number of aromatic nitrogens is 1. The third-order valence-electron chi connectivity index (χ3n) is 3.19. The molecule has 1 aliphatic rings. The summed E-state index contributed by atoms with van der Waals surface area (Å²) in [4.78, 5) is 6.68. The van der Waals surface area contributed by atoms with Crippen LogP contribution in [0.25, 0.3) is 0 Å². The molecule has 1 aliphatic heterocycles. The first kappa shape index (κ1) is 11.4. The lowest BCUT2D eigenvalue weighted by molar-refractivity contribution is 0.403. The first-order chi connectivity index (χ1) is 7.75. The number of aryl methyl sites for hydroxylation is 1. The van der Waals surface area contributed by atoms with Crippen molar-refractivity contribution in [1.29, 1.82) is 0 Å². The van der Waals surface area contributed by atoms with E-state index in [1.165, 1.54) is 31.4 Å². The fourth-order valence-electron chi connectivity index (χ4n) is 2.19. The maximum absolute atomic E-state index is 4.44. The van der Waals surface area contributed by atoms with Crippen LogP contribution < -0.4 is 10.2 Å². The number of rotatable bonds is 3. The summed E-state index contributed by atoms with van der Waals surface area (Å²) in [6.07, 6.45) is 5.90. The van der Waals surface area contributed by atoms with E-state index in [2.05, 4.69) is 41.3 Å². The number of nitrogens with one attached hydrogen (secondary N) is 1. The second-order valence-corrected chi connectivity index (χ2v) is 4.72. The van der Waals surface area contributed by atoms with Crippen molar-refractivity contribution in [3.05, 3.63) is 23.9 Å². The molecule has 0 spiro atoms. The van der Waals surface area contributed by atoms with E-state index in [-0.39, 0.29) is 0 Å². The molecule has 0 amide bonds. The van der Waals surface area contributed by atoms with Crippen molar-refractivity contribution in [3.8, 4) is 0 Å². The molecule has 1 fully saturated rings. The minimum atomic E-state index is 0.627. The molecule has 0 radical (unpaired) electrons. The van der Waals surface area contributed by atoms with Gasteiger partial charge in [0.25, 0.3) is 0 Å². The predicted octanol–water partition coefficient (Wildman–Crippen LogP) is 1.97. The molecule has 0 aromatic carbocycles. The number of likely N-dealkylation sites (N-methyl/N-ethyl adjacent to an activating group) is 1. The maximum Gasteiger partial charge on any atom is 0.128 e. The molecular formula is C13H21N3. The standard InChI is InChI=1S/C13H21N3/c1-11-6-7-13(15-9-11)16(2)10-12-5-3-4-8-14-12/h6-7,9,12,14H,3-5,8,10H2,1-2H3/t12-/m0/s1. The van der Waals surface area contributed by atoms with Gasteiger partial charge in [0.05, 0.1) is 0 Å². The van der Waals surface area contributed by atoms with E-state index in [4.69, 9.17) is 0 Å². The fourth-order valence-corrected chi connectivity index (χ4v) is 2.19. The average molecular weight is 219 g/mol. The molecule has 2 rings (SSSR count). The first-order valence-electron chi connectivity index (χ1n) is 6.13. The fraction of sp³-hybridized carbons (Fsp3) is 0.615. The molecule has 1 atom stereocenters. The van der Waals surface area contributed by atoms with Crippen LogP contribution >= 0.6 is 0 Å². The van der Waals surface area contributed by atoms with Gasteiger partial charge < -0.3 is 10.2 Å². The predicted molar refractivity (Wildman–Crippen MR) is 67.9 cm³/mol. The van der Waals surface area contributed by atoms with E-state index in [1.807, 2.05) is 6.20 Å². The third kappa shape index (κ3) is 2.95. The van der Waals surface area contributed by atoms with Gasteiger partial charge in [0.15, 0.2) is 0 Å². The van der Waals surface area contributed by atoms with Gasteiger partial charge in [-0.25, -0.2) is 4.98 Å². The molecule has 0 aliphatic carbocycles. The topological polar surface area (TPSA) is 28.2 Å². The molecule has 0 unspecified atom stereocenters. The Labute approximate surface area is 97.9 Å². The summed E-state index contributed by atoms with van der Waals surface area (Å²) in [6.45, 7) is 4.29. The Morgan fingerprint density at radius 2 is 2.31 bits per heavy atom. The summed E-state index contributed by atoms with van der Waals surface area (Å²) in [6, 6.07) is 4.84. The van der Waals surface area contributed by atoms with Gasteiger partial charge in [-0.2, -0.15) is 0 Å². The Kier molecular flexibility index (Phi) is 3.78. The molecule has 3 nitrogen and oxygen atoms in total. The molecule has 2 heterocycles. The number of hydrogen-bond acceptors (Lipinski definition) is 3. The summed E-state index contributed by atoms with van der Waals surface area (Å²) < 4.78 is 0. The highest BCUT2D eigenvalue weighted by Gasteiger charge is 2.14. The Morgan fingerprint density at radius 3 is 2.94 bits per heavy atom. The number of pyridine rings is 1. The van der Waals surface area contributed by atoms with Crippen molar-refractivity contribution in [2.24, 2.45) is 0 Å². The summed E-state index contributed by atoms with van der Waals surface area (Å²) in [7, 11) is 2.12. The highest BCUT2D eigenvalue weighted by molar-refractivity contribution is 5.38. The summed E-state index contributed by atoms with van der Waals surface area (Å²) >= 11 is 0. The van der Waals surface area contributed by atoms with Gasteiger partial charge in [-0.1, -0.05) is 12.5 Å². The molecule has 1 saturated heterocycles. The van der Waals surface area contributed by atoms with Gasteiger partial charge in [-0.05, 0) is 37.9 Å². The molecule has 3 heteroatoms. The van der Waals surface area contributed by atoms with E-state index in [0.29, 0.717) is 6.04 Å². The average Bonchev–Trinajstić information content (AvgIpc) is 2.31. The first-order valence-corrected chi connectivity index (χ1v) is 6.13. The monoisotopic (exact) mass is 219 g/mol. The second-order valence-electron chi connectivity index (χ2n) is 4.72. The second kappa shape index (κ2) is 5.30. The largest absolute Gasteiger partial charge is 0.358 e. The summed E-state index contributed by atoms with van der Waals surface area (Å²) in [5.74, 6) is 1.07. The van der Waals surface area contributed by atoms with Crippen LogP contribution in [0.4, 0.5) is 5.82 Å². The molecule has 1 aromatic rings. The number of piperidine rings is 1. The van der Waals surface area contributed by atoms with Gasteiger partial charge in [0.2, 0.25) is 0 Å². The lowest BCUT2D eigenvalue weighted by atomic mass is 10.0. The van der Waals surface area contributed by atoms with E-state index in [9.17, 15) is 0 Å². The summed E-state index contributed by atoms with van der Waals surface area (Å²) in [5, 5.41) is 3.56. The zero-order chi connectivity index (χ0) is 11.4. The van der Waals surface area contributed by atoms with Crippen molar-refractivity contribution in [2.75, 3.05) is 25.0 Å². The van der Waals surface area contributed by atoms with Crippen molar-refractivity contribution < 1.29 is 0 Å². The zero-order valence-corrected chi connectivity index (χ0v) is 10.2. The molecule has 1 N–H and O–H groups in total. The molecular weight excluding hydrogens is 198 g/mol. The quantitative estimate of drug-likeness (QED) is 0.842. The van der Waals surface area contributed by atoms with Crippen LogP contribution in [0.1, 0.15) is 24.8 Å². The minimum Gasteiger partial charge on any atom is -0.358 e. The van der Waals surface area contributed by atoms with E-state index >= 15 is 0 Å². The van der Waals surface area contributed by atoms with E-state index in [1.54, 1.807) is 0 Å². The van der Waals surface area contributed by atoms with E-state index in [0.717, 1.165) is 12.4 Å². The van der Waals surface area contributed by atoms with Crippen LogP contribution in [-0.2, 0) is 0 Å². The molecule has 88 valence electrons. The Morgan fingerprint density at radius 1 is 1.44 bits per heavy atom. The van der Waals surface area contributed by atoms with Gasteiger partial charge in [-0.15, -0.1) is 0 Å². The minimum absolute atomic E-state index is 0.627. The van der Waals surface area contributed by atoms with Crippen LogP contribution in [-0.4, -0.2) is 31.2 Å². The normalized spacial score (nSPS) is 20.8. The Bertz CT molecular complexity index is 314. The Balaban J connectivity index is 1.91. The molecule has 0 bridgehead atoms. The van der Waals surface area contributed by atoms with Gasteiger partial charge in [0.1, 0.15) is 5.82 Å². The van der Waals surface area contributed by atoms with Crippen LogP contribution in [0.3, 0.4) is 0 Å². The van der Waals surface area contributed by atoms with Crippen LogP contribution in [0.5, 0.6) is 0 Å². The molecule has 1 aromatic heterocycles. The lowest BCUT2D eigenvalue weighted by Gasteiger charge is -2.28. The van der Waals surface area contributed by atoms with Crippen LogP contribution in [0.2, 0.25) is 0 Å². The Hall–Kier alpha value is -1.09. The number of hydrogen-bond donors (Lipinski definition) is 1. The molecule has 0 saturated carbocycles. The highest BCUT2D eigenvalue weighted by atomic mass is 15.2. The lowest BCUT2D eigenvalue weighted by Crippen LogP contribution is -2.42. The molecule has 16 heavy (non-hydrogen) atoms. The van der Waals surface area contributed by atoms with Crippen molar-refractivity contribution in [2.45, 2.75) is 32.2 Å². The van der Waals surface area contributed by atoms with Crippen molar-refractivity contribution >= 4 is 5.82 Å². The number of nitrogens with zero attached hydrogens (tertiary/aromatic N) is 2. The van der Waals surface area contributed by atoms with Crippen molar-refractivity contribution in [1.82, 2.24) is 10.3 Å². The van der Waals surface area contributed by atoms with Gasteiger partial charge in [-0.3, -0.25) is 0 Å². The van der Waals surface area contributed by atoms with Gasteiger partial charge >= 0.3 is 0 Å².